The summed E-state index contributed by atoms with van der Waals surface area (Å²) in [5.74, 6) is 0.993. The topological polar surface area (TPSA) is 56.1 Å². The summed E-state index contributed by atoms with van der Waals surface area (Å²) in [5.41, 5.74) is 0. The number of nitrogens with one attached hydrogen (secondary N) is 1. The van der Waals surface area contributed by atoms with Gasteiger partial charge < -0.3 is 10.1 Å². The van der Waals surface area contributed by atoms with Crippen LogP contribution in [-0.4, -0.2) is 21.8 Å². The van der Waals surface area contributed by atoms with Gasteiger partial charge in [-0.05, 0) is 42.6 Å². The van der Waals surface area contributed by atoms with E-state index in [9.17, 15) is 4.79 Å². The zero-order chi connectivity index (χ0) is 16.9. The molecule has 0 aliphatic carbocycles. The molecule has 0 bridgehead atoms. The normalized spacial score (nSPS) is 11.9. The Morgan fingerprint density at radius 3 is 2.83 bits per heavy atom. The second-order valence-corrected chi connectivity index (χ2v) is 6.63. The molecule has 0 unspecified atom stereocenters. The first-order valence-electron chi connectivity index (χ1n) is 7.39. The lowest BCUT2D eigenvalue weighted by molar-refractivity contribution is -0.122. The van der Waals surface area contributed by atoms with Crippen molar-refractivity contribution in [2.75, 3.05) is 5.32 Å². The molecule has 1 atom stereocenters. The molecule has 5 nitrogen and oxygen atoms in total. The van der Waals surface area contributed by atoms with Crippen LogP contribution in [0.1, 0.15) is 11.8 Å². The smallest absolute Gasteiger partial charge is 0.266 e. The van der Waals surface area contributed by atoms with Gasteiger partial charge in [0.15, 0.2) is 6.10 Å². The zero-order valence-corrected chi connectivity index (χ0v) is 14.6. The highest BCUT2D eigenvalue weighted by Gasteiger charge is 2.17. The maximum atomic E-state index is 12.3. The van der Waals surface area contributed by atoms with Gasteiger partial charge >= 0.3 is 0 Å². The first kappa shape index (κ1) is 16.5. The molecule has 0 saturated heterocycles. The molecule has 124 valence electrons. The van der Waals surface area contributed by atoms with Crippen LogP contribution in [0.3, 0.4) is 0 Å². The van der Waals surface area contributed by atoms with Gasteiger partial charge in [-0.25, -0.2) is 4.68 Å². The Bertz CT molecular complexity index is 800. The molecule has 0 radical (unpaired) electrons. The third-order valence-electron chi connectivity index (χ3n) is 3.35. The highest BCUT2D eigenvalue weighted by Crippen LogP contribution is 2.18. The van der Waals surface area contributed by atoms with Gasteiger partial charge in [-0.15, -0.1) is 11.3 Å². The maximum Gasteiger partial charge on any atom is 0.266 e. The number of benzene rings is 1. The van der Waals surface area contributed by atoms with Crippen LogP contribution >= 0.6 is 22.9 Å². The molecule has 1 amide bonds. The van der Waals surface area contributed by atoms with E-state index in [2.05, 4.69) is 10.4 Å². The van der Waals surface area contributed by atoms with Crippen LogP contribution in [0.15, 0.2) is 54.0 Å². The van der Waals surface area contributed by atoms with Crippen LogP contribution in [0.5, 0.6) is 5.75 Å². The highest BCUT2D eigenvalue weighted by molar-refractivity contribution is 7.09. The number of nitrogens with zero attached hydrogens (tertiary/aromatic N) is 2. The molecule has 2 heterocycles. The van der Waals surface area contributed by atoms with Crippen LogP contribution < -0.4 is 10.1 Å². The molecule has 3 aromatic rings. The van der Waals surface area contributed by atoms with Gasteiger partial charge in [-0.1, -0.05) is 17.7 Å². The number of carbonyl (C=O) groups is 1. The van der Waals surface area contributed by atoms with Gasteiger partial charge in [-0.2, -0.15) is 5.10 Å². The number of anilines is 1. The van der Waals surface area contributed by atoms with Crippen LogP contribution in [0.25, 0.3) is 0 Å². The fraction of sp³-hybridized carbons (Fsp3) is 0.176. The van der Waals surface area contributed by atoms with E-state index in [1.807, 2.05) is 17.5 Å². The molecule has 1 N–H and O–H groups in total. The predicted molar refractivity (Wildman–Crippen MR) is 95.8 cm³/mol. The summed E-state index contributed by atoms with van der Waals surface area (Å²) in [6, 6.07) is 12.7. The van der Waals surface area contributed by atoms with E-state index in [0.29, 0.717) is 23.1 Å². The zero-order valence-electron chi connectivity index (χ0n) is 13.0. The van der Waals surface area contributed by atoms with Crippen molar-refractivity contribution in [3.63, 3.8) is 0 Å². The third kappa shape index (κ3) is 4.15. The average Bonchev–Trinajstić information content (AvgIpc) is 3.22. The Kier molecular flexibility index (Phi) is 5.17. The first-order valence-corrected chi connectivity index (χ1v) is 8.65. The fourth-order valence-corrected chi connectivity index (χ4v) is 2.93. The standard InChI is InChI=1S/C17H16ClN3O2S/c1-12(23-14-6-4-13(18)5-7-14)17(22)20-16-8-9-19-21(16)11-15-3-2-10-24-15/h2-10,12H,11H2,1H3,(H,20,22)/t12-/m0/s1. The quantitative estimate of drug-likeness (QED) is 0.720. The molecule has 24 heavy (non-hydrogen) atoms. The number of hydrogen-bond acceptors (Lipinski definition) is 4. The Morgan fingerprint density at radius 1 is 1.33 bits per heavy atom. The minimum atomic E-state index is -0.642. The van der Waals surface area contributed by atoms with E-state index in [0.717, 1.165) is 0 Å². The monoisotopic (exact) mass is 361 g/mol. The molecule has 0 aliphatic rings. The second kappa shape index (κ2) is 7.51. The molecule has 0 saturated carbocycles. The summed E-state index contributed by atoms with van der Waals surface area (Å²) < 4.78 is 7.38. The van der Waals surface area contributed by atoms with Crippen molar-refractivity contribution in [2.45, 2.75) is 19.6 Å². The Hall–Kier alpha value is -2.31. The van der Waals surface area contributed by atoms with E-state index in [1.54, 1.807) is 59.5 Å². The van der Waals surface area contributed by atoms with E-state index >= 15 is 0 Å². The molecule has 1 aromatic carbocycles. The van der Waals surface area contributed by atoms with Crippen molar-refractivity contribution >= 4 is 34.7 Å². The van der Waals surface area contributed by atoms with Gasteiger partial charge in [0.2, 0.25) is 0 Å². The van der Waals surface area contributed by atoms with E-state index in [-0.39, 0.29) is 5.91 Å². The summed E-state index contributed by atoms with van der Waals surface area (Å²) in [7, 11) is 0. The van der Waals surface area contributed by atoms with Crippen LogP contribution in [0, 0.1) is 0 Å². The molecule has 0 spiro atoms. The Morgan fingerprint density at radius 2 is 2.12 bits per heavy atom. The van der Waals surface area contributed by atoms with Crippen LogP contribution in [-0.2, 0) is 11.3 Å². The number of aromatic nitrogens is 2. The Labute approximate surface area is 148 Å². The fourth-order valence-electron chi connectivity index (χ4n) is 2.11. The number of rotatable bonds is 6. The largest absolute Gasteiger partial charge is 0.481 e. The molecule has 0 aliphatic heterocycles. The van der Waals surface area contributed by atoms with Crippen LogP contribution in [0.4, 0.5) is 5.82 Å². The summed E-state index contributed by atoms with van der Waals surface area (Å²) in [6.07, 6.45) is 1.02. The molecular formula is C17H16ClN3O2S. The van der Waals surface area contributed by atoms with Gasteiger partial charge in [0.1, 0.15) is 11.6 Å². The number of hydrogen-bond donors (Lipinski definition) is 1. The number of halogens is 1. The minimum absolute atomic E-state index is 0.238. The number of carbonyl (C=O) groups excluding carboxylic acids is 1. The van der Waals surface area contributed by atoms with E-state index < -0.39 is 6.10 Å². The third-order valence-corrected chi connectivity index (χ3v) is 4.46. The summed E-state index contributed by atoms with van der Waals surface area (Å²) in [5, 5.41) is 9.73. The summed E-state index contributed by atoms with van der Waals surface area (Å²) in [6.45, 7) is 2.32. The number of thiophene rings is 1. The minimum Gasteiger partial charge on any atom is -0.481 e. The first-order chi connectivity index (χ1) is 11.6. The molecule has 2 aromatic heterocycles. The Balaban J connectivity index is 1.62. The molecule has 0 fully saturated rings. The maximum absolute atomic E-state index is 12.3. The van der Waals surface area contributed by atoms with Gasteiger partial charge in [0.05, 0.1) is 12.7 Å². The van der Waals surface area contributed by atoms with Gasteiger partial charge in [0, 0.05) is 16.0 Å². The van der Waals surface area contributed by atoms with Crippen LogP contribution in [0.2, 0.25) is 5.02 Å². The SMILES string of the molecule is C[C@H](Oc1ccc(Cl)cc1)C(=O)Nc1ccnn1Cc1cccs1. The molecular weight excluding hydrogens is 346 g/mol. The second-order valence-electron chi connectivity index (χ2n) is 5.16. The summed E-state index contributed by atoms with van der Waals surface area (Å²) in [4.78, 5) is 13.5. The lowest BCUT2D eigenvalue weighted by atomic mass is 10.3. The van der Waals surface area contributed by atoms with Crippen molar-refractivity contribution in [3.05, 3.63) is 63.9 Å². The van der Waals surface area contributed by atoms with E-state index in [4.69, 9.17) is 16.3 Å². The van der Waals surface area contributed by atoms with Gasteiger partial charge in [0.25, 0.3) is 5.91 Å². The highest BCUT2D eigenvalue weighted by atomic mass is 35.5. The van der Waals surface area contributed by atoms with Crippen molar-refractivity contribution in [1.82, 2.24) is 9.78 Å². The molecule has 3 rings (SSSR count). The van der Waals surface area contributed by atoms with Crippen molar-refractivity contribution in [3.8, 4) is 5.75 Å². The average molecular weight is 362 g/mol. The number of amides is 1. The number of ether oxygens (including phenoxy) is 1. The molecule has 7 heteroatoms. The van der Waals surface area contributed by atoms with E-state index in [1.165, 1.54) is 4.88 Å². The predicted octanol–water partition coefficient (Wildman–Crippen LogP) is 4.05. The van der Waals surface area contributed by atoms with Gasteiger partial charge in [-0.3, -0.25) is 4.79 Å². The summed E-state index contributed by atoms with van der Waals surface area (Å²) >= 11 is 7.49. The van der Waals surface area contributed by atoms with Crippen molar-refractivity contribution in [1.29, 1.82) is 0 Å². The lowest BCUT2D eigenvalue weighted by Gasteiger charge is -2.15. The van der Waals surface area contributed by atoms with Crippen molar-refractivity contribution < 1.29 is 9.53 Å². The lowest BCUT2D eigenvalue weighted by Crippen LogP contribution is -2.31. The van der Waals surface area contributed by atoms with Crippen molar-refractivity contribution in [2.24, 2.45) is 0 Å².